The third-order valence-electron chi connectivity index (χ3n) is 1.89. The van der Waals surface area contributed by atoms with Crippen LogP contribution in [0.3, 0.4) is 0 Å². The molecule has 2 rings (SSSR count). The SMILES string of the molecule is Oc1cc2c(C(F)F)ccc(F)c2s1. The Hall–Kier alpha value is -1.23. The fourth-order valence-corrected chi connectivity index (χ4v) is 2.13. The van der Waals surface area contributed by atoms with Gasteiger partial charge in [0, 0.05) is 10.9 Å². The Morgan fingerprint density at radius 1 is 1.29 bits per heavy atom. The maximum atomic E-state index is 13.1. The average molecular weight is 218 g/mol. The lowest BCUT2D eigenvalue weighted by molar-refractivity contribution is 0.153. The van der Waals surface area contributed by atoms with Crippen LogP contribution in [-0.2, 0) is 0 Å². The lowest BCUT2D eigenvalue weighted by Gasteiger charge is -2.01. The second-order valence-corrected chi connectivity index (χ2v) is 3.80. The molecule has 0 saturated heterocycles. The van der Waals surface area contributed by atoms with Crippen LogP contribution in [0.1, 0.15) is 12.0 Å². The van der Waals surface area contributed by atoms with Gasteiger partial charge in [-0.2, -0.15) is 0 Å². The van der Waals surface area contributed by atoms with Gasteiger partial charge in [0.15, 0.2) is 5.06 Å². The normalized spacial score (nSPS) is 11.4. The van der Waals surface area contributed by atoms with Crippen molar-refractivity contribution in [3.05, 3.63) is 29.6 Å². The first-order valence-corrected chi connectivity index (χ1v) is 4.60. The molecule has 1 aromatic heterocycles. The van der Waals surface area contributed by atoms with E-state index in [4.69, 9.17) is 5.11 Å². The van der Waals surface area contributed by atoms with E-state index in [1.807, 2.05) is 0 Å². The molecule has 0 aliphatic rings. The Morgan fingerprint density at radius 2 is 2.00 bits per heavy atom. The van der Waals surface area contributed by atoms with Crippen molar-refractivity contribution >= 4 is 21.4 Å². The Balaban J connectivity index is 2.81. The third-order valence-corrected chi connectivity index (χ3v) is 2.84. The quantitative estimate of drug-likeness (QED) is 0.774. The molecule has 0 saturated carbocycles. The molecule has 1 nitrogen and oxygen atoms in total. The summed E-state index contributed by atoms with van der Waals surface area (Å²) in [5.74, 6) is -0.588. The van der Waals surface area contributed by atoms with Gasteiger partial charge in [0.25, 0.3) is 6.43 Å². The number of benzene rings is 1. The van der Waals surface area contributed by atoms with Crippen molar-refractivity contribution in [1.82, 2.24) is 0 Å². The van der Waals surface area contributed by atoms with Gasteiger partial charge in [-0.3, -0.25) is 0 Å². The van der Waals surface area contributed by atoms with Crippen molar-refractivity contribution in [2.45, 2.75) is 6.43 Å². The molecule has 14 heavy (non-hydrogen) atoms. The number of halogens is 3. The molecule has 0 bridgehead atoms. The summed E-state index contributed by atoms with van der Waals surface area (Å²) in [4.78, 5) is 0. The summed E-state index contributed by atoms with van der Waals surface area (Å²) in [6.45, 7) is 0. The summed E-state index contributed by atoms with van der Waals surface area (Å²) >= 11 is 0.758. The Morgan fingerprint density at radius 3 is 2.64 bits per heavy atom. The molecule has 1 aromatic carbocycles. The van der Waals surface area contributed by atoms with Gasteiger partial charge >= 0.3 is 0 Å². The highest BCUT2D eigenvalue weighted by Crippen LogP contribution is 2.37. The number of rotatable bonds is 1. The molecule has 74 valence electrons. The second-order valence-electron chi connectivity index (χ2n) is 2.76. The van der Waals surface area contributed by atoms with E-state index in [2.05, 4.69) is 0 Å². The zero-order valence-electron chi connectivity index (χ0n) is 6.80. The lowest BCUT2D eigenvalue weighted by atomic mass is 10.1. The molecular formula is C9H5F3OS. The zero-order chi connectivity index (χ0) is 10.3. The smallest absolute Gasteiger partial charge is 0.264 e. The standard InChI is InChI=1S/C9H5F3OS/c10-6-2-1-4(9(11)12)5-3-7(13)14-8(5)6/h1-3,9,13H. The molecular weight excluding hydrogens is 213 g/mol. The van der Waals surface area contributed by atoms with Gasteiger partial charge in [-0.1, -0.05) is 11.3 Å². The molecule has 2 aromatic rings. The molecule has 1 heterocycles. The minimum atomic E-state index is -2.66. The van der Waals surface area contributed by atoms with Crippen molar-refractivity contribution in [2.75, 3.05) is 0 Å². The molecule has 0 radical (unpaired) electrons. The summed E-state index contributed by atoms with van der Waals surface area (Å²) in [6.07, 6.45) is -2.66. The van der Waals surface area contributed by atoms with E-state index in [9.17, 15) is 13.2 Å². The predicted molar refractivity (Wildman–Crippen MR) is 48.4 cm³/mol. The number of fused-ring (bicyclic) bond motifs is 1. The van der Waals surface area contributed by atoms with Crippen molar-refractivity contribution < 1.29 is 18.3 Å². The number of aromatic hydroxyl groups is 1. The molecule has 0 unspecified atom stereocenters. The minimum absolute atomic E-state index is 0.0697. The molecule has 1 N–H and O–H groups in total. The number of thiophene rings is 1. The van der Waals surface area contributed by atoms with Crippen molar-refractivity contribution in [2.24, 2.45) is 0 Å². The van der Waals surface area contributed by atoms with Crippen LogP contribution in [0.5, 0.6) is 5.06 Å². The van der Waals surface area contributed by atoms with E-state index in [1.54, 1.807) is 0 Å². The molecule has 5 heteroatoms. The predicted octanol–water partition coefficient (Wildman–Crippen LogP) is 3.68. The fraction of sp³-hybridized carbons (Fsp3) is 0.111. The summed E-state index contributed by atoms with van der Waals surface area (Å²) in [6, 6.07) is 3.18. The summed E-state index contributed by atoms with van der Waals surface area (Å²) < 4.78 is 38.0. The highest BCUT2D eigenvalue weighted by Gasteiger charge is 2.16. The van der Waals surface area contributed by atoms with Crippen LogP contribution in [0.2, 0.25) is 0 Å². The lowest BCUT2D eigenvalue weighted by Crippen LogP contribution is -1.85. The fourth-order valence-electron chi connectivity index (χ4n) is 1.29. The summed E-state index contributed by atoms with van der Waals surface area (Å²) in [5.41, 5.74) is -0.252. The van der Waals surface area contributed by atoms with E-state index >= 15 is 0 Å². The maximum Gasteiger partial charge on any atom is 0.264 e. The molecule has 0 atom stereocenters. The van der Waals surface area contributed by atoms with Crippen LogP contribution < -0.4 is 0 Å². The third kappa shape index (κ3) is 1.33. The molecule has 0 fully saturated rings. The van der Waals surface area contributed by atoms with E-state index < -0.39 is 12.2 Å². The molecule has 0 amide bonds. The maximum absolute atomic E-state index is 13.1. The monoisotopic (exact) mass is 218 g/mol. The topological polar surface area (TPSA) is 20.2 Å². The Bertz CT molecular complexity index is 478. The van der Waals surface area contributed by atoms with Crippen LogP contribution in [-0.4, -0.2) is 5.11 Å². The van der Waals surface area contributed by atoms with Crippen molar-refractivity contribution in [3.8, 4) is 5.06 Å². The van der Waals surface area contributed by atoms with Crippen molar-refractivity contribution in [3.63, 3.8) is 0 Å². The summed E-state index contributed by atoms with van der Waals surface area (Å²) in [5, 5.41) is 9.02. The number of hydrogen-bond donors (Lipinski definition) is 1. The highest BCUT2D eigenvalue weighted by atomic mass is 32.1. The number of hydrogen-bond acceptors (Lipinski definition) is 2. The minimum Gasteiger partial charge on any atom is -0.499 e. The zero-order valence-corrected chi connectivity index (χ0v) is 7.62. The van der Waals surface area contributed by atoms with E-state index in [1.165, 1.54) is 0 Å². The Kier molecular flexibility index (Phi) is 2.11. The Labute approximate surface area is 81.4 Å². The van der Waals surface area contributed by atoms with Gasteiger partial charge < -0.3 is 5.11 Å². The largest absolute Gasteiger partial charge is 0.499 e. The second kappa shape index (κ2) is 3.16. The van der Waals surface area contributed by atoms with Gasteiger partial charge in [0.2, 0.25) is 0 Å². The highest BCUT2D eigenvalue weighted by molar-refractivity contribution is 7.20. The molecule has 0 aliphatic carbocycles. The number of alkyl halides is 2. The molecule has 0 spiro atoms. The van der Waals surface area contributed by atoms with Crippen LogP contribution in [0, 0.1) is 5.82 Å². The van der Waals surface area contributed by atoms with E-state index in [0.29, 0.717) is 0 Å². The first-order chi connectivity index (χ1) is 6.59. The van der Waals surface area contributed by atoms with Gasteiger partial charge in [-0.15, -0.1) is 0 Å². The van der Waals surface area contributed by atoms with Crippen LogP contribution in [0.25, 0.3) is 10.1 Å². The van der Waals surface area contributed by atoms with E-state index in [0.717, 1.165) is 29.5 Å². The van der Waals surface area contributed by atoms with Crippen molar-refractivity contribution in [1.29, 1.82) is 0 Å². The first kappa shape index (κ1) is 9.33. The molecule has 0 aliphatic heterocycles. The van der Waals surface area contributed by atoms with Gasteiger partial charge in [-0.05, 0) is 18.2 Å². The van der Waals surface area contributed by atoms with Gasteiger partial charge in [0.05, 0.1) is 4.70 Å². The van der Waals surface area contributed by atoms with Crippen LogP contribution >= 0.6 is 11.3 Å². The van der Waals surface area contributed by atoms with Gasteiger partial charge in [0.1, 0.15) is 5.82 Å². The van der Waals surface area contributed by atoms with Gasteiger partial charge in [-0.25, -0.2) is 13.2 Å². The van der Waals surface area contributed by atoms with E-state index in [-0.39, 0.29) is 20.7 Å². The van der Waals surface area contributed by atoms with Crippen LogP contribution in [0.4, 0.5) is 13.2 Å². The first-order valence-electron chi connectivity index (χ1n) is 3.78. The van der Waals surface area contributed by atoms with Crippen LogP contribution in [0.15, 0.2) is 18.2 Å². The average Bonchev–Trinajstić information content (AvgIpc) is 2.47. The summed E-state index contributed by atoms with van der Waals surface area (Å²) in [7, 11) is 0.